The van der Waals surface area contributed by atoms with Crippen LogP contribution in [0.3, 0.4) is 0 Å². The molecular weight excluding hydrogens is 254 g/mol. The second-order valence-electron chi connectivity index (χ2n) is 3.58. The average molecular weight is 267 g/mol. The van der Waals surface area contributed by atoms with Gasteiger partial charge in [-0.15, -0.1) is 0 Å². The van der Waals surface area contributed by atoms with Gasteiger partial charge in [-0.3, -0.25) is 19.7 Å². The van der Waals surface area contributed by atoms with E-state index in [4.69, 9.17) is 9.47 Å². The van der Waals surface area contributed by atoms with Crippen molar-refractivity contribution < 1.29 is 24.0 Å². The maximum atomic E-state index is 11.4. The molecule has 0 bridgehead atoms. The molecule has 0 saturated carbocycles. The molecule has 1 aromatic carbocycles. The van der Waals surface area contributed by atoms with Crippen molar-refractivity contribution in [2.75, 3.05) is 13.7 Å². The lowest BCUT2D eigenvalue weighted by Gasteiger charge is -2.10. The highest BCUT2D eigenvalue weighted by Gasteiger charge is 2.19. The zero-order chi connectivity index (χ0) is 14.4. The SMILES string of the molecule is CCOC(=O)Cc1cc([N+](=O)[O-])cc(C=O)c1OC. The van der Waals surface area contributed by atoms with E-state index in [1.165, 1.54) is 13.2 Å². The molecule has 0 aromatic heterocycles. The molecule has 0 fully saturated rings. The van der Waals surface area contributed by atoms with Crippen LogP contribution in [-0.4, -0.2) is 30.9 Å². The maximum absolute atomic E-state index is 11.4. The Hall–Kier alpha value is -2.44. The molecular formula is C12H13NO6. The van der Waals surface area contributed by atoms with Crippen LogP contribution in [0.2, 0.25) is 0 Å². The van der Waals surface area contributed by atoms with E-state index in [1.54, 1.807) is 6.92 Å². The average Bonchev–Trinajstić information content (AvgIpc) is 2.37. The van der Waals surface area contributed by atoms with Crippen LogP contribution in [0.1, 0.15) is 22.8 Å². The fourth-order valence-electron chi connectivity index (χ4n) is 1.64. The van der Waals surface area contributed by atoms with Crippen molar-refractivity contribution in [3.05, 3.63) is 33.4 Å². The maximum Gasteiger partial charge on any atom is 0.310 e. The molecule has 0 amide bonds. The zero-order valence-electron chi connectivity index (χ0n) is 10.5. The third-order valence-corrected chi connectivity index (χ3v) is 2.36. The molecule has 1 rings (SSSR count). The number of rotatable bonds is 6. The molecule has 19 heavy (non-hydrogen) atoms. The summed E-state index contributed by atoms with van der Waals surface area (Å²) >= 11 is 0. The molecule has 0 aliphatic carbocycles. The molecule has 0 heterocycles. The number of benzene rings is 1. The standard InChI is InChI=1S/C12H13NO6/c1-3-19-11(15)6-8-4-10(13(16)17)5-9(7-14)12(8)18-2/h4-5,7H,3,6H2,1-2H3. The number of carbonyl (C=O) groups is 2. The first-order valence-corrected chi connectivity index (χ1v) is 5.49. The fraction of sp³-hybridized carbons (Fsp3) is 0.333. The van der Waals surface area contributed by atoms with Crippen molar-refractivity contribution >= 4 is 17.9 Å². The molecule has 0 N–H and O–H groups in total. The van der Waals surface area contributed by atoms with Gasteiger partial charge in [0.05, 0.1) is 30.6 Å². The molecule has 0 atom stereocenters. The van der Waals surface area contributed by atoms with Crippen LogP contribution in [-0.2, 0) is 16.0 Å². The highest BCUT2D eigenvalue weighted by Crippen LogP contribution is 2.28. The summed E-state index contributed by atoms with van der Waals surface area (Å²) in [5, 5.41) is 10.8. The summed E-state index contributed by atoms with van der Waals surface area (Å²) < 4.78 is 9.79. The number of non-ortho nitro benzene ring substituents is 1. The number of nitro groups is 1. The van der Waals surface area contributed by atoms with Crippen LogP contribution in [0.25, 0.3) is 0 Å². The van der Waals surface area contributed by atoms with Gasteiger partial charge in [0, 0.05) is 17.7 Å². The molecule has 0 aliphatic rings. The summed E-state index contributed by atoms with van der Waals surface area (Å²) in [6.07, 6.45) is 0.250. The van der Waals surface area contributed by atoms with Crippen LogP contribution in [0.5, 0.6) is 5.75 Å². The highest BCUT2D eigenvalue weighted by atomic mass is 16.6. The van der Waals surface area contributed by atoms with E-state index >= 15 is 0 Å². The topological polar surface area (TPSA) is 95.7 Å². The summed E-state index contributed by atoms with van der Waals surface area (Å²) in [4.78, 5) is 32.5. The first kappa shape index (κ1) is 14.6. The van der Waals surface area contributed by atoms with Gasteiger partial charge < -0.3 is 9.47 Å². The van der Waals surface area contributed by atoms with E-state index in [0.29, 0.717) is 6.29 Å². The van der Waals surface area contributed by atoms with Crippen molar-refractivity contribution in [1.29, 1.82) is 0 Å². The number of methoxy groups -OCH3 is 1. The molecule has 7 nitrogen and oxygen atoms in total. The second-order valence-corrected chi connectivity index (χ2v) is 3.58. The Kier molecular flexibility index (Phi) is 4.99. The number of nitro benzene ring substituents is 1. The zero-order valence-corrected chi connectivity index (χ0v) is 10.5. The lowest BCUT2D eigenvalue weighted by Crippen LogP contribution is -2.10. The van der Waals surface area contributed by atoms with Gasteiger partial charge in [0.1, 0.15) is 5.75 Å². The minimum absolute atomic E-state index is 0.0241. The van der Waals surface area contributed by atoms with E-state index in [2.05, 4.69) is 0 Å². The number of esters is 1. The van der Waals surface area contributed by atoms with Crippen molar-refractivity contribution in [3.8, 4) is 5.75 Å². The van der Waals surface area contributed by atoms with E-state index in [9.17, 15) is 19.7 Å². The summed E-state index contributed by atoms with van der Waals surface area (Å²) in [7, 11) is 1.32. The Morgan fingerprint density at radius 3 is 2.63 bits per heavy atom. The monoisotopic (exact) mass is 267 g/mol. The van der Waals surface area contributed by atoms with Crippen molar-refractivity contribution in [1.82, 2.24) is 0 Å². The summed E-state index contributed by atoms with van der Waals surface area (Å²) in [5.41, 5.74) is -0.00422. The van der Waals surface area contributed by atoms with E-state index in [0.717, 1.165) is 6.07 Å². The van der Waals surface area contributed by atoms with Crippen LogP contribution in [0, 0.1) is 10.1 Å². The van der Waals surface area contributed by atoms with Gasteiger partial charge in [-0.1, -0.05) is 0 Å². The van der Waals surface area contributed by atoms with Gasteiger partial charge in [-0.2, -0.15) is 0 Å². The number of hydrogen-bond donors (Lipinski definition) is 0. The lowest BCUT2D eigenvalue weighted by atomic mass is 10.1. The number of nitrogens with zero attached hydrogens (tertiary/aromatic N) is 1. The third kappa shape index (κ3) is 3.51. The first-order chi connectivity index (χ1) is 9.03. The lowest BCUT2D eigenvalue weighted by molar-refractivity contribution is -0.384. The Morgan fingerprint density at radius 1 is 1.47 bits per heavy atom. The Balaban J connectivity index is 3.25. The van der Waals surface area contributed by atoms with Gasteiger partial charge in [-0.25, -0.2) is 0 Å². The molecule has 0 unspecified atom stereocenters. The number of aldehydes is 1. The predicted octanol–water partition coefficient (Wildman–Crippen LogP) is 1.52. The molecule has 0 aliphatic heterocycles. The molecule has 0 saturated heterocycles. The van der Waals surface area contributed by atoms with E-state index in [-0.39, 0.29) is 35.6 Å². The fourth-order valence-corrected chi connectivity index (χ4v) is 1.64. The van der Waals surface area contributed by atoms with Crippen LogP contribution in [0.4, 0.5) is 5.69 Å². The van der Waals surface area contributed by atoms with Crippen LogP contribution >= 0.6 is 0 Å². The quantitative estimate of drug-likeness (QED) is 0.335. The largest absolute Gasteiger partial charge is 0.496 e. The van der Waals surface area contributed by atoms with Crippen molar-refractivity contribution in [2.24, 2.45) is 0 Å². The third-order valence-electron chi connectivity index (χ3n) is 2.36. The minimum Gasteiger partial charge on any atom is -0.496 e. The summed E-state index contributed by atoms with van der Waals surface area (Å²) in [6.45, 7) is 1.86. The first-order valence-electron chi connectivity index (χ1n) is 5.49. The van der Waals surface area contributed by atoms with E-state index in [1.807, 2.05) is 0 Å². The normalized spacial score (nSPS) is 9.79. The van der Waals surface area contributed by atoms with Crippen molar-refractivity contribution in [2.45, 2.75) is 13.3 Å². The Morgan fingerprint density at radius 2 is 2.16 bits per heavy atom. The Labute approximate surface area is 109 Å². The number of hydrogen-bond acceptors (Lipinski definition) is 6. The van der Waals surface area contributed by atoms with Gasteiger partial charge in [-0.05, 0) is 6.92 Å². The van der Waals surface area contributed by atoms with Gasteiger partial charge >= 0.3 is 5.97 Å². The van der Waals surface area contributed by atoms with E-state index < -0.39 is 10.9 Å². The van der Waals surface area contributed by atoms with Crippen molar-refractivity contribution in [3.63, 3.8) is 0 Å². The number of carbonyl (C=O) groups excluding carboxylic acids is 2. The molecule has 7 heteroatoms. The minimum atomic E-state index is -0.638. The summed E-state index contributed by atoms with van der Waals surface area (Å²) in [5.74, 6) is -0.396. The predicted molar refractivity (Wildman–Crippen MR) is 65.4 cm³/mol. The second kappa shape index (κ2) is 6.48. The van der Waals surface area contributed by atoms with Gasteiger partial charge in [0.25, 0.3) is 5.69 Å². The highest BCUT2D eigenvalue weighted by molar-refractivity contribution is 5.84. The Bertz CT molecular complexity index is 511. The van der Waals surface area contributed by atoms with Gasteiger partial charge in [0.15, 0.2) is 6.29 Å². The summed E-state index contributed by atoms with van der Waals surface area (Å²) in [6, 6.07) is 2.29. The van der Waals surface area contributed by atoms with Crippen LogP contribution in [0.15, 0.2) is 12.1 Å². The van der Waals surface area contributed by atoms with Crippen LogP contribution < -0.4 is 4.74 Å². The van der Waals surface area contributed by atoms with Gasteiger partial charge in [0.2, 0.25) is 0 Å². The molecule has 1 aromatic rings. The number of ether oxygens (including phenoxy) is 2. The smallest absolute Gasteiger partial charge is 0.310 e. The molecule has 0 spiro atoms. The molecule has 102 valence electrons. The molecule has 0 radical (unpaired) electrons.